The summed E-state index contributed by atoms with van der Waals surface area (Å²) < 4.78 is 0. The second-order valence-corrected chi connectivity index (χ2v) is 3.16. The highest BCUT2D eigenvalue weighted by atomic mass is 32.1. The lowest BCUT2D eigenvalue weighted by Crippen LogP contribution is -2.40. The fourth-order valence-electron chi connectivity index (χ4n) is 1.21. The molecule has 2 rings (SSSR count). The molecule has 66 valence electrons. The largest absolute Gasteiger partial charge is 0.349 e. The van der Waals surface area contributed by atoms with Gasteiger partial charge in [-0.25, -0.2) is 0 Å². The van der Waals surface area contributed by atoms with Crippen LogP contribution in [0.15, 0.2) is 35.4 Å². The van der Waals surface area contributed by atoms with Gasteiger partial charge in [-0.05, 0) is 17.8 Å². The Morgan fingerprint density at radius 1 is 1.23 bits per heavy atom. The molecule has 2 N–H and O–H groups in total. The Morgan fingerprint density at radius 2 is 2.00 bits per heavy atom. The lowest BCUT2D eigenvalue weighted by molar-refractivity contribution is 0.777. The van der Waals surface area contributed by atoms with Crippen LogP contribution in [0, 0.1) is 0 Å². The number of benzene rings is 1. The van der Waals surface area contributed by atoms with Crippen LogP contribution in [0.1, 0.15) is 11.6 Å². The maximum absolute atomic E-state index is 4.95. The van der Waals surface area contributed by atoms with Gasteiger partial charge in [-0.15, -0.1) is 0 Å². The molecule has 1 atom stereocenters. The van der Waals surface area contributed by atoms with Crippen LogP contribution in [0.4, 0.5) is 0 Å². The van der Waals surface area contributed by atoms with Crippen molar-refractivity contribution in [1.29, 1.82) is 0 Å². The molecule has 0 radical (unpaired) electrons. The van der Waals surface area contributed by atoms with Gasteiger partial charge in [0.15, 0.2) is 5.11 Å². The van der Waals surface area contributed by atoms with E-state index in [9.17, 15) is 0 Å². The van der Waals surface area contributed by atoms with E-state index in [4.69, 9.17) is 12.2 Å². The van der Waals surface area contributed by atoms with E-state index in [1.54, 1.807) is 6.21 Å². The topological polar surface area (TPSA) is 36.4 Å². The van der Waals surface area contributed by atoms with Gasteiger partial charge in [0.2, 0.25) is 0 Å². The molecule has 1 aliphatic rings. The molecule has 0 aromatic heterocycles. The maximum atomic E-state index is 4.95. The summed E-state index contributed by atoms with van der Waals surface area (Å²) in [5.41, 5.74) is 3.83. The Balaban J connectivity index is 2.22. The summed E-state index contributed by atoms with van der Waals surface area (Å²) in [6.45, 7) is 0. The van der Waals surface area contributed by atoms with Gasteiger partial charge in [0.1, 0.15) is 0 Å². The van der Waals surface area contributed by atoms with Gasteiger partial charge >= 0.3 is 0 Å². The Hall–Kier alpha value is -1.42. The summed E-state index contributed by atoms with van der Waals surface area (Å²) >= 11 is 4.95. The zero-order chi connectivity index (χ0) is 9.10. The van der Waals surface area contributed by atoms with Gasteiger partial charge < -0.3 is 5.32 Å². The van der Waals surface area contributed by atoms with E-state index in [-0.39, 0.29) is 6.04 Å². The van der Waals surface area contributed by atoms with Crippen molar-refractivity contribution in [3.8, 4) is 0 Å². The molecule has 1 aliphatic heterocycles. The van der Waals surface area contributed by atoms with Crippen LogP contribution < -0.4 is 10.7 Å². The molecule has 13 heavy (non-hydrogen) atoms. The van der Waals surface area contributed by atoms with Crippen LogP contribution in [0.2, 0.25) is 0 Å². The second kappa shape index (κ2) is 3.53. The van der Waals surface area contributed by atoms with Crippen LogP contribution in [-0.4, -0.2) is 11.3 Å². The van der Waals surface area contributed by atoms with Crippen molar-refractivity contribution in [1.82, 2.24) is 10.7 Å². The second-order valence-electron chi connectivity index (χ2n) is 2.75. The molecule has 0 saturated heterocycles. The van der Waals surface area contributed by atoms with Crippen molar-refractivity contribution >= 4 is 23.5 Å². The first-order chi connectivity index (χ1) is 6.36. The summed E-state index contributed by atoms with van der Waals surface area (Å²) in [6, 6.07) is 10.1. The number of nitrogens with zero attached hydrogens (tertiary/aromatic N) is 1. The van der Waals surface area contributed by atoms with Crippen molar-refractivity contribution in [2.24, 2.45) is 5.10 Å². The Morgan fingerprint density at radius 3 is 2.69 bits per heavy atom. The third kappa shape index (κ3) is 1.84. The molecule has 0 amide bonds. The normalized spacial score (nSPS) is 20.6. The molecule has 0 saturated carbocycles. The molecule has 1 heterocycles. The van der Waals surface area contributed by atoms with Crippen LogP contribution in [0.25, 0.3) is 0 Å². The number of hydrazone groups is 1. The number of thiocarbonyl (C=S) groups is 1. The molecule has 4 heteroatoms. The van der Waals surface area contributed by atoms with Crippen LogP contribution in [-0.2, 0) is 0 Å². The number of hydrogen-bond donors (Lipinski definition) is 2. The van der Waals surface area contributed by atoms with Gasteiger partial charge in [-0.2, -0.15) is 5.10 Å². The van der Waals surface area contributed by atoms with E-state index >= 15 is 0 Å². The standard InChI is InChI=1S/C9H9N3S/c13-9-11-8(6-10-12-9)7-4-2-1-3-5-7/h1-6,8H,(H2,11,12,13). The predicted octanol–water partition coefficient (Wildman–Crippen LogP) is 1.19. The molecular formula is C9H9N3S. The molecule has 3 nitrogen and oxygen atoms in total. The fraction of sp³-hybridized carbons (Fsp3) is 0.111. The van der Waals surface area contributed by atoms with Gasteiger partial charge in [-0.3, -0.25) is 5.43 Å². The van der Waals surface area contributed by atoms with Crippen molar-refractivity contribution in [3.05, 3.63) is 35.9 Å². The van der Waals surface area contributed by atoms with Crippen molar-refractivity contribution in [2.45, 2.75) is 6.04 Å². The van der Waals surface area contributed by atoms with Gasteiger partial charge in [0.05, 0.1) is 12.3 Å². The third-order valence-corrected chi connectivity index (χ3v) is 2.04. The van der Waals surface area contributed by atoms with E-state index in [1.165, 1.54) is 0 Å². The fourth-order valence-corrected chi connectivity index (χ4v) is 1.39. The third-order valence-electron chi connectivity index (χ3n) is 1.83. The highest BCUT2D eigenvalue weighted by molar-refractivity contribution is 7.80. The molecule has 0 bridgehead atoms. The van der Waals surface area contributed by atoms with Gasteiger partial charge in [0.25, 0.3) is 0 Å². The zero-order valence-electron chi connectivity index (χ0n) is 6.90. The Bertz CT molecular complexity index is 334. The van der Waals surface area contributed by atoms with Crippen LogP contribution in [0.5, 0.6) is 0 Å². The number of rotatable bonds is 1. The van der Waals surface area contributed by atoms with Crippen molar-refractivity contribution < 1.29 is 0 Å². The maximum Gasteiger partial charge on any atom is 0.187 e. The molecule has 1 aromatic carbocycles. The molecule has 1 aromatic rings. The molecule has 1 unspecified atom stereocenters. The summed E-state index contributed by atoms with van der Waals surface area (Å²) in [7, 11) is 0. The number of nitrogens with one attached hydrogen (secondary N) is 2. The van der Waals surface area contributed by atoms with E-state index < -0.39 is 0 Å². The zero-order valence-corrected chi connectivity index (χ0v) is 7.71. The van der Waals surface area contributed by atoms with E-state index in [0.29, 0.717) is 5.11 Å². The summed E-state index contributed by atoms with van der Waals surface area (Å²) in [4.78, 5) is 0. The molecule has 0 aliphatic carbocycles. The van der Waals surface area contributed by atoms with Crippen LogP contribution >= 0.6 is 12.2 Å². The van der Waals surface area contributed by atoms with E-state index in [1.807, 2.05) is 30.3 Å². The van der Waals surface area contributed by atoms with Gasteiger partial charge in [-0.1, -0.05) is 30.3 Å². The minimum atomic E-state index is 0.0925. The Labute approximate surface area is 81.8 Å². The smallest absolute Gasteiger partial charge is 0.187 e. The summed E-state index contributed by atoms with van der Waals surface area (Å²) in [5, 5.41) is 7.61. The highest BCUT2D eigenvalue weighted by Crippen LogP contribution is 2.11. The summed E-state index contributed by atoms with van der Waals surface area (Å²) in [6.07, 6.45) is 1.80. The first-order valence-electron chi connectivity index (χ1n) is 4.01. The minimum Gasteiger partial charge on any atom is -0.349 e. The number of hydrogen-bond acceptors (Lipinski definition) is 2. The van der Waals surface area contributed by atoms with Gasteiger partial charge in [0, 0.05) is 0 Å². The van der Waals surface area contributed by atoms with Crippen molar-refractivity contribution in [2.75, 3.05) is 0 Å². The van der Waals surface area contributed by atoms with Crippen molar-refractivity contribution in [3.63, 3.8) is 0 Å². The first-order valence-corrected chi connectivity index (χ1v) is 4.42. The molecule has 0 spiro atoms. The van der Waals surface area contributed by atoms with E-state index in [2.05, 4.69) is 15.8 Å². The average molecular weight is 191 g/mol. The monoisotopic (exact) mass is 191 g/mol. The Kier molecular flexibility index (Phi) is 2.23. The first kappa shape index (κ1) is 8.19. The SMILES string of the molecule is S=C1NN=CC(c2ccccc2)N1. The summed E-state index contributed by atoms with van der Waals surface area (Å²) in [5.74, 6) is 0. The highest BCUT2D eigenvalue weighted by Gasteiger charge is 2.12. The quantitative estimate of drug-likeness (QED) is 0.655. The molecule has 0 fully saturated rings. The lowest BCUT2D eigenvalue weighted by atomic mass is 10.1. The molecular weight excluding hydrogens is 182 g/mol. The minimum absolute atomic E-state index is 0.0925. The average Bonchev–Trinajstić information content (AvgIpc) is 2.19. The van der Waals surface area contributed by atoms with E-state index in [0.717, 1.165) is 5.56 Å². The lowest BCUT2D eigenvalue weighted by Gasteiger charge is -2.19. The van der Waals surface area contributed by atoms with Crippen LogP contribution in [0.3, 0.4) is 0 Å². The predicted molar refractivity (Wildman–Crippen MR) is 56.5 cm³/mol.